The highest BCUT2D eigenvalue weighted by molar-refractivity contribution is 5.76. The lowest BCUT2D eigenvalue weighted by atomic mass is 9.69. The number of amides is 1. The van der Waals surface area contributed by atoms with Crippen molar-refractivity contribution in [3.05, 3.63) is 11.6 Å². The van der Waals surface area contributed by atoms with Gasteiger partial charge in [0.05, 0.1) is 18.8 Å². The SMILES string of the molecule is Cc1nc(CCC(=O)N2CCC(O)(CN3CCOCC3)C(C)(C)C2)n[nH]1. The van der Waals surface area contributed by atoms with E-state index in [1.54, 1.807) is 0 Å². The summed E-state index contributed by atoms with van der Waals surface area (Å²) in [5, 5.41) is 18.2. The van der Waals surface area contributed by atoms with Crippen molar-refractivity contribution < 1.29 is 14.6 Å². The Morgan fingerprint density at radius 1 is 1.31 bits per heavy atom. The van der Waals surface area contributed by atoms with Crippen LogP contribution in [0.5, 0.6) is 0 Å². The second kappa shape index (κ2) is 7.62. The zero-order valence-corrected chi connectivity index (χ0v) is 16.1. The van der Waals surface area contributed by atoms with Crippen molar-refractivity contribution in [1.29, 1.82) is 0 Å². The number of carbonyl (C=O) groups is 1. The summed E-state index contributed by atoms with van der Waals surface area (Å²) in [5.74, 6) is 1.55. The Labute approximate surface area is 154 Å². The van der Waals surface area contributed by atoms with Crippen LogP contribution in [0, 0.1) is 12.3 Å². The van der Waals surface area contributed by atoms with Crippen molar-refractivity contribution in [2.24, 2.45) is 5.41 Å². The predicted molar refractivity (Wildman–Crippen MR) is 96.6 cm³/mol. The van der Waals surface area contributed by atoms with Crippen molar-refractivity contribution in [1.82, 2.24) is 25.0 Å². The lowest BCUT2D eigenvalue weighted by Gasteiger charge is -2.52. The predicted octanol–water partition coefficient (Wildman–Crippen LogP) is 0.368. The number of carbonyl (C=O) groups excluding carboxylic acids is 1. The molecule has 0 saturated carbocycles. The molecule has 3 rings (SSSR count). The summed E-state index contributed by atoms with van der Waals surface area (Å²) in [6.07, 6.45) is 1.54. The Morgan fingerprint density at radius 3 is 2.65 bits per heavy atom. The van der Waals surface area contributed by atoms with Gasteiger partial charge >= 0.3 is 0 Å². The molecule has 1 unspecified atom stereocenters. The van der Waals surface area contributed by atoms with Gasteiger partial charge < -0.3 is 14.7 Å². The Balaban J connectivity index is 1.55. The molecule has 0 spiro atoms. The molecular formula is C18H31N5O3. The van der Waals surface area contributed by atoms with E-state index >= 15 is 0 Å². The summed E-state index contributed by atoms with van der Waals surface area (Å²) in [4.78, 5) is 21.0. The fourth-order valence-corrected chi connectivity index (χ4v) is 3.87. The van der Waals surface area contributed by atoms with Gasteiger partial charge in [-0.15, -0.1) is 0 Å². The number of nitrogens with one attached hydrogen (secondary N) is 1. The van der Waals surface area contributed by atoms with E-state index in [1.165, 1.54) is 0 Å². The van der Waals surface area contributed by atoms with Gasteiger partial charge in [0.15, 0.2) is 5.82 Å². The van der Waals surface area contributed by atoms with Crippen LogP contribution in [-0.2, 0) is 16.0 Å². The van der Waals surface area contributed by atoms with E-state index in [2.05, 4.69) is 33.9 Å². The van der Waals surface area contributed by atoms with Gasteiger partial charge in [0, 0.05) is 51.0 Å². The first-order valence-electron chi connectivity index (χ1n) is 9.47. The molecule has 2 fully saturated rings. The highest BCUT2D eigenvalue weighted by Crippen LogP contribution is 2.39. The molecule has 2 N–H and O–H groups in total. The molecular weight excluding hydrogens is 334 g/mol. The van der Waals surface area contributed by atoms with E-state index < -0.39 is 5.60 Å². The van der Waals surface area contributed by atoms with Crippen LogP contribution in [0.25, 0.3) is 0 Å². The Kier molecular flexibility index (Phi) is 5.64. The van der Waals surface area contributed by atoms with Crippen molar-refractivity contribution >= 4 is 5.91 Å². The molecule has 0 bridgehead atoms. The summed E-state index contributed by atoms with van der Waals surface area (Å²) < 4.78 is 5.40. The maximum absolute atomic E-state index is 12.6. The van der Waals surface area contributed by atoms with E-state index in [1.807, 2.05) is 11.8 Å². The number of H-pyrrole nitrogens is 1. The van der Waals surface area contributed by atoms with Gasteiger partial charge in [-0.05, 0) is 13.3 Å². The number of aliphatic hydroxyl groups is 1. The molecule has 1 aromatic rings. The van der Waals surface area contributed by atoms with E-state index in [4.69, 9.17) is 4.74 Å². The fourth-order valence-electron chi connectivity index (χ4n) is 3.87. The van der Waals surface area contributed by atoms with Crippen LogP contribution >= 0.6 is 0 Å². The quantitative estimate of drug-likeness (QED) is 0.783. The fraction of sp³-hybridized carbons (Fsp3) is 0.833. The number of rotatable bonds is 5. The lowest BCUT2D eigenvalue weighted by Crippen LogP contribution is -2.63. The van der Waals surface area contributed by atoms with Crippen LogP contribution in [0.4, 0.5) is 0 Å². The number of aromatic amines is 1. The third-order valence-electron chi connectivity index (χ3n) is 5.79. The van der Waals surface area contributed by atoms with Crippen LogP contribution < -0.4 is 0 Å². The van der Waals surface area contributed by atoms with Crippen LogP contribution in [0.3, 0.4) is 0 Å². The van der Waals surface area contributed by atoms with Crippen LogP contribution in [-0.4, -0.2) is 87.5 Å². The summed E-state index contributed by atoms with van der Waals surface area (Å²) in [7, 11) is 0. The Bertz CT molecular complexity index is 626. The average molecular weight is 365 g/mol. The number of hydrogen-bond acceptors (Lipinski definition) is 6. The first kappa shape index (κ1) is 19.3. The standard InChI is InChI=1S/C18H31N5O3/c1-14-19-15(21-20-14)4-5-16(24)23-7-6-18(25,17(2,3)12-23)13-22-8-10-26-11-9-22/h25H,4-13H2,1-3H3,(H,19,20,21). The molecule has 8 heteroatoms. The number of β-amino-alcohol motifs (C(OH)–C–C–N with tert-alkyl or cyclic N) is 1. The van der Waals surface area contributed by atoms with Crippen LogP contribution in [0.15, 0.2) is 0 Å². The van der Waals surface area contributed by atoms with Crippen molar-refractivity contribution in [2.75, 3.05) is 45.9 Å². The number of morpholine rings is 1. The highest BCUT2D eigenvalue weighted by Gasteiger charge is 2.49. The van der Waals surface area contributed by atoms with E-state index in [-0.39, 0.29) is 11.3 Å². The second-order valence-corrected chi connectivity index (χ2v) is 8.21. The van der Waals surface area contributed by atoms with Gasteiger partial charge in [-0.2, -0.15) is 5.10 Å². The first-order chi connectivity index (χ1) is 12.3. The number of aromatic nitrogens is 3. The largest absolute Gasteiger partial charge is 0.388 e. The number of ether oxygens (including phenoxy) is 1. The van der Waals surface area contributed by atoms with Crippen LogP contribution in [0.2, 0.25) is 0 Å². The van der Waals surface area contributed by atoms with E-state index in [0.29, 0.717) is 44.7 Å². The number of nitrogens with zero attached hydrogens (tertiary/aromatic N) is 4. The second-order valence-electron chi connectivity index (χ2n) is 8.21. The van der Waals surface area contributed by atoms with Crippen LogP contribution in [0.1, 0.15) is 38.3 Å². The zero-order valence-electron chi connectivity index (χ0n) is 16.1. The molecule has 8 nitrogen and oxygen atoms in total. The summed E-state index contributed by atoms with van der Waals surface area (Å²) in [6, 6.07) is 0. The molecule has 2 aliphatic heterocycles. The van der Waals surface area contributed by atoms with E-state index in [0.717, 1.165) is 32.1 Å². The first-order valence-corrected chi connectivity index (χ1v) is 9.47. The zero-order chi connectivity index (χ0) is 18.8. The monoisotopic (exact) mass is 365 g/mol. The molecule has 0 radical (unpaired) electrons. The molecule has 0 aliphatic carbocycles. The molecule has 1 atom stereocenters. The molecule has 2 saturated heterocycles. The number of likely N-dealkylation sites (tertiary alicyclic amines) is 1. The minimum absolute atomic E-state index is 0.106. The Hall–Kier alpha value is -1.51. The third kappa shape index (κ3) is 4.24. The summed E-state index contributed by atoms with van der Waals surface area (Å²) in [5.41, 5.74) is -1.15. The molecule has 146 valence electrons. The molecule has 26 heavy (non-hydrogen) atoms. The smallest absolute Gasteiger partial charge is 0.223 e. The summed E-state index contributed by atoms with van der Waals surface area (Å²) in [6.45, 7) is 10.9. The number of hydrogen-bond donors (Lipinski definition) is 2. The molecule has 1 amide bonds. The van der Waals surface area contributed by atoms with E-state index in [9.17, 15) is 9.90 Å². The average Bonchev–Trinajstić information content (AvgIpc) is 3.01. The minimum atomic E-state index is -0.790. The van der Waals surface area contributed by atoms with Gasteiger partial charge in [-0.1, -0.05) is 13.8 Å². The topological polar surface area (TPSA) is 94.6 Å². The molecule has 1 aromatic heterocycles. The third-order valence-corrected chi connectivity index (χ3v) is 5.79. The van der Waals surface area contributed by atoms with Crippen molar-refractivity contribution in [2.45, 2.75) is 45.6 Å². The molecule has 0 aromatic carbocycles. The lowest BCUT2D eigenvalue weighted by molar-refractivity contribution is -0.157. The van der Waals surface area contributed by atoms with Gasteiger partial charge in [0.1, 0.15) is 5.82 Å². The highest BCUT2D eigenvalue weighted by atomic mass is 16.5. The van der Waals surface area contributed by atoms with Gasteiger partial charge in [0.2, 0.25) is 5.91 Å². The minimum Gasteiger partial charge on any atom is -0.388 e. The number of piperidine rings is 1. The number of aryl methyl sites for hydroxylation is 2. The van der Waals surface area contributed by atoms with Gasteiger partial charge in [-0.25, -0.2) is 4.98 Å². The molecule has 2 aliphatic rings. The maximum Gasteiger partial charge on any atom is 0.223 e. The molecule has 3 heterocycles. The summed E-state index contributed by atoms with van der Waals surface area (Å²) >= 11 is 0. The van der Waals surface area contributed by atoms with Crippen molar-refractivity contribution in [3.8, 4) is 0 Å². The van der Waals surface area contributed by atoms with Gasteiger partial charge in [-0.3, -0.25) is 14.8 Å². The maximum atomic E-state index is 12.6. The van der Waals surface area contributed by atoms with Crippen molar-refractivity contribution in [3.63, 3.8) is 0 Å². The normalized spacial score (nSPS) is 26.8. The Morgan fingerprint density at radius 2 is 2.04 bits per heavy atom. The van der Waals surface area contributed by atoms with Gasteiger partial charge in [0.25, 0.3) is 0 Å².